The highest BCUT2D eigenvalue weighted by molar-refractivity contribution is 7.93. The maximum atomic E-state index is 13.6. The lowest BCUT2D eigenvalue weighted by molar-refractivity contribution is -0.118. The molecule has 29 heavy (non-hydrogen) atoms. The van der Waals surface area contributed by atoms with E-state index in [2.05, 4.69) is 10.6 Å². The van der Waals surface area contributed by atoms with Crippen molar-refractivity contribution < 1.29 is 18.0 Å². The molecule has 0 spiro atoms. The van der Waals surface area contributed by atoms with E-state index in [1.54, 1.807) is 43.3 Å². The Balaban J connectivity index is 1.93. The molecule has 0 radical (unpaired) electrons. The number of sulfone groups is 1. The molecular weight excluding hydrogens is 388 g/mol. The molecule has 0 bridgehead atoms. The van der Waals surface area contributed by atoms with Gasteiger partial charge in [-0.25, -0.2) is 8.42 Å². The zero-order valence-electron chi connectivity index (χ0n) is 16.9. The monoisotopic (exact) mass is 414 g/mol. The van der Waals surface area contributed by atoms with Gasteiger partial charge in [-0.2, -0.15) is 0 Å². The van der Waals surface area contributed by atoms with E-state index in [4.69, 9.17) is 0 Å². The lowest BCUT2D eigenvalue weighted by Gasteiger charge is -2.28. The van der Waals surface area contributed by atoms with Gasteiger partial charge >= 0.3 is 0 Å². The van der Waals surface area contributed by atoms with E-state index in [1.165, 1.54) is 6.92 Å². The van der Waals surface area contributed by atoms with Gasteiger partial charge in [-0.3, -0.25) is 9.59 Å². The van der Waals surface area contributed by atoms with Crippen LogP contribution in [0.15, 0.2) is 47.4 Å². The second-order valence-electron chi connectivity index (χ2n) is 7.69. The zero-order valence-corrected chi connectivity index (χ0v) is 17.7. The van der Waals surface area contributed by atoms with Crippen molar-refractivity contribution in [3.63, 3.8) is 0 Å². The van der Waals surface area contributed by atoms with Crippen molar-refractivity contribution in [1.29, 1.82) is 0 Å². The van der Waals surface area contributed by atoms with Crippen LogP contribution in [0.2, 0.25) is 0 Å². The van der Waals surface area contributed by atoms with Gasteiger partial charge in [-0.05, 0) is 68.1 Å². The number of hydrogen-bond donors (Lipinski definition) is 2. The minimum Gasteiger partial charge on any atom is -0.326 e. The van der Waals surface area contributed by atoms with E-state index < -0.39 is 20.5 Å². The molecular formula is C22H26N2O4S. The van der Waals surface area contributed by atoms with Crippen LogP contribution >= 0.6 is 0 Å². The average molecular weight is 415 g/mol. The third-order valence-electron chi connectivity index (χ3n) is 5.44. The second kappa shape index (κ2) is 7.99. The predicted molar refractivity (Wildman–Crippen MR) is 114 cm³/mol. The molecule has 0 atom stereocenters. The van der Waals surface area contributed by atoms with Crippen LogP contribution in [0.1, 0.15) is 43.7 Å². The van der Waals surface area contributed by atoms with Crippen molar-refractivity contribution in [3.8, 4) is 0 Å². The Morgan fingerprint density at radius 2 is 1.45 bits per heavy atom. The zero-order chi connectivity index (χ0) is 21.2. The molecule has 0 saturated heterocycles. The van der Waals surface area contributed by atoms with Crippen molar-refractivity contribution in [1.82, 2.24) is 0 Å². The van der Waals surface area contributed by atoms with Gasteiger partial charge in [-0.15, -0.1) is 0 Å². The molecule has 1 fully saturated rings. The number of carbonyl (C=O) groups is 2. The number of anilines is 2. The summed E-state index contributed by atoms with van der Waals surface area (Å²) in [5.74, 6) is -0.686. The maximum Gasteiger partial charge on any atom is 0.246 e. The van der Waals surface area contributed by atoms with E-state index in [9.17, 15) is 18.0 Å². The smallest absolute Gasteiger partial charge is 0.246 e. The summed E-state index contributed by atoms with van der Waals surface area (Å²) in [6.07, 6.45) is 2.00. The summed E-state index contributed by atoms with van der Waals surface area (Å²) in [4.78, 5) is 24.6. The summed E-state index contributed by atoms with van der Waals surface area (Å²) < 4.78 is 25.8. The third-order valence-corrected chi connectivity index (χ3v) is 8.08. The topological polar surface area (TPSA) is 92.3 Å². The number of nitrogens with one attached hydrogen (secondary N) is 2. The normalized spacial score (nSPS) is 15.7. The quantitative estimate of drug-likeness (QED) is 0.774. The molecule has 2 aromatic carbocycles. The molecule has 0 heterocycles. The summed E-state index contributed by atoms with van der Waals surface area (Å²) >= 11 is 0. The molecule has 2 amide bonds. The molecule has 0 aromatic heterocycles. The number of carbonyl (C=O) groups excluding carboxylic acids is 2. The molecule has 1 aliphatic carbocycles. The van der Waals surface area contributed by atoms with Crippen LogP contribution in [0, 0.1) is 13.8 Å². The van der Waals surface area contributed by atoms with Gasteiger partial charge in [-0.1, -0.05) is 25.0 Å². The Hall–Kier alpha value is -2.67. The van der Waals surface area contributed by atoms with E-state index in [1.807, 2.05) is 13.0 Å². The summed E-state index contributed by atoms with van der Waals surface area (Å²) in [5.41, 5.74) is 2.59. The number of benzene rings is 2. The third kappa shape index (κ3) is 4.05. The SMILES string of the molecule is CC(=O)Nc1ccc(NC(=O)C2(S(=O)(=O)c3cc(C)ccc3C)CCCC2)cc1. The molecule has 0 aliphatic heterocycles. The largest absolute Gasteiger partial charge is 0.326 e. The van der Waals surface area contributed by atoms with Gasteiger partial charge in [0.1, 0.15) is 0 Å². The minimum absolute atomic E-state index is 0.189. The average Bonchev–Trinajstić information content (AvgIpc) is 3.16. The first-order chi connectivity index (χ1) is 13.7. The molecule has 3 rings (SSSR count). The van der Waals surface area contributed by atoms with E-state index in [0.29, 0.717) is 42.6 Å². The molecule has 6 nitrogen and oxygen atoms in total. The molecule has 1 saturated carbocycles. The van der Waals surface area contributed by atoms with Crippen LogP contribution in [0.3, 0.4) is 0 Å². The van der Waals surface area contributed by atoms with Crippen LogP contribution < -0.4 is 10.6 Å². The Morgan fingerprint density at radius 1 is 0.897 bits per heavy atom. The van der Waals surface area contributed by atoms with Gasteiger partial charge in [0.25, 0.3) is 0 Å². The van der Waals surface area contributed by atoms with Crippen molar-refractivity contribution >= 4 is 33.0 Å². The highest BCUT2D eigenvalue weighted by Gasteiger charge is 2.53. The molecule has 154 valence electrons. The number of aryl methyl sites for hydroxylation is 2. The number of hydrogen-bond acceptors (Lipinski definition) is 4. The Morgan fingerprint density at radius 3 is 2.00 bits per heavy atom. The lowest BCUT2D eigenvalue weighted by Crippen LogP contribution is -2.47. The van der Waals surface area contributed by atoms with E-state index >= 15 is 0 Å². The second-order valence-corrected chi connectivity index (χ2v) is 9.91. The molecule has 2 aromatic rings. The Bertz CT molecular complexity index is 1040. The first kappa shape index (κ1) is 21.0. The van der Waals surface area contributed by atoms with Crippen molar-refractivity contribution in [2.45, 2.75) is 56.1 Å². The minimum atomic E-state index is -3.87. The number of rotatable bonds is 5. The van der Waals surface area contributed by atoms with E-state index in [0.717, 1.165) is 5.56 Å². The molecule has 0 unspecified atom stereocenters. The fourth-order valence-electron chi connectivity index (χ4n) is 3.86. The first-order valence-electron chi connectivity index (χ1n) is 9.67. The van der Waals surface area contributed by atoms with Gasteiger partial charge in [0.15, 0.2) is 14.6 Å². The fraction of sp³-hybridized carbons (Fsp3) is 0.364. The highest BCUT2D eigenvalue weighted by atomic mass is 32.2. The summed E-state index contributed by atoms with van der Waals surface area (Å²) in [6, 6.07) is 11.9. The number of amides is 2. The van der Waals surface area contributed by atoms with Crippen molar-refractivity contribution in [3.05, 3.63) is 53.6 Å². The predicted octanol–water partition coefficient (Wildman–Crippen LogP) is 3.99. The van der Waals surface area contributed by atoms with Crippen molar-refractivity contribution in [2.75, 3.05) is 10.6 Å². The van der Waals surface area contributed by atoms with Crippen LogP contribution in [0.4, 0.5) is 11.4 Å². The molecule has 1 aliphatic rings. The highest BCUT2D eigenvalue weighted by Crippen LogP contribution is 2.42. The molecule has 7 heteroatoms. The van der Waals surface area contributed by atoms with Crippen LogP contribution in [0.5, 0.6) is 0 Å². The van der Waals surface area contributed by atoms with Gasteiger partial charge < -0.3 is 10.6 Å². The molecule has 2 N–H and O–H groups in total. The maximum absolute atomic E-state index is 13.6. The van der Waals surface area contributed by atoms with Gasteiger partial charge in [0.05, 0.1) is 4.90 Å². The summed E-state index contributed by atoms with van der Waals surface area (Å²) in [7, 11) is -3.87. The standard InChI is InChI=1S/C22H26N2O4S/c1-15-6-7-16(2)20(14-15)29(27,28)22(12-4-5-13-22)21(26)24-19-10-8-18(9-11-19)23-17(3)25/h6-11,14H,4-5,12-13H2,1-3H3,(H,23,25)(H,24,26). The summed E-state index contributed by atoms with van der Waals surface area (Å²) in [6.45, 7) is 5.02. The van der Waals surface area contributed by atoms with Crippen LogP contribution in [0.25, 0.3) is 0 Å². The van der Waals surface area contributed by atoms with Crippen LogP contribution in [-0.4, -0.2) is 25.0 Å². The van der Waals surface area contributed by atoms with Gasteiger partial charge in [0.2, 0.25) is 11.8 Å². The lowest BCUT2D eigenvalue weighted by atomic mass is 10.1. The fourth-order valence-corrected chi connectivity index (χ4v) is 6.23. The van der Waals surface area contributed by atoms with Crippen molar-refractivity contribution in [2.24, 2.45) is 0 Å². The van der Waals surface area contributed by atoms with Crippen LogP contribution in [-0.2, 0) is 19.4 Å². The first-order valence-corrected chi connectivity index (χ1v) is 11.1. The van der Waals surface area contributed by atoms with E-state index in [-0.39, 0.29) is 10.8 Å². The Labute approximate surface area is 171 Å². The summed E-state index contributed by atoms with van der Waals surface area (Å²) in [5, 5.41) is 5.44. The van der Waals surface area contributed by atoms with Gasteiger partial charge in [0, 0.05) is 18.3 Å². The Kier molecular flexibility index (Phi) is 5.80.